The molecule has 6 atom stereocenters. The molecule has 3 aliphatic carbocycles. The van der Waals surface area contributed by atoms with E-state index in [1.807, 2.05) is 0 Å². The van der Waals surface area contributed by atoms with Gasteiger partial charge in [-0.2, -0.15) is 0 Å². The van der Waals surface area contributed by atoms with Gasteiger partial charge in [-0.1, -0.05) is 71.8 Å². The Morgan fingerprint density at radius 3 is 2.34 bits per heavy atom. The third-order valence-corrected chi connectivity index (χ3v) is 16.9. The highest BCUT2D eigenvalue weighted by Gasteiger charge is 2.50. The van der Waals surface area contributed by atoms with Crippen LogP contribution < -0.4 is 0 Å². The summed E-state index contributed by atoms with van der Waals surface area (Å²) in [4.78, 5) is 0. The second-order valence-corrected chi connectivity index (χ2v) is 26.5. The van der Waals surface area contributed by atoms with E-state index in [-0.39, 0.29) is 16.7 Å². The molecule has 5 heteroatoms. The van der Waals surface area contributed by atoms with Crippen LogP contribution in [0.1, 0.15) is 113 Å². The van der Waals surface area contributed by atoms with Gasteiger partial charge in [0.1, 0.15) is 6.17 Å². The van der Waals surface area contributed by atoms with Crippen LogP contribution in [0.3, 0.4) is 0 Å². The summed E-state index contributed by atoms with van der Waals surface area (Å²) in [7, 11) is -3.48. The van der Waals surface area contributed by atoms with E-state index in [1.165, 1.54) is 44.9 Å². The van der Waals surface area contributed by atoms with Crippen molar-refractivity contribution in [1.29, 1.82) is 0 Å². The van der Waals surface area contributed by atoms with Gasteiger partial charge in [0.25, 0.3) is 0 Å². The number of hydrogen-bond donors (Lipinski definition) is 0. The van der Waals surface area contributed by atoms with Crippen molar-refractivity contribution in [3.05, 3.63) is 35.5 Å². The van der Waals surface area contributed by atoms with Crippen LogP contribution in [-0.4, -0.2) is 34.5 Å². The van der Waals surface area contributed by atoms with Gasteiger partial charge in [-0.25, -0.2) is 4.39 Å². The number of allylic oxidation sites excluding steroid dienone is 4. The molecule has 0 aliphatic heterocycles. The van der Waals surface area contributed by atoms with Crippen LogP contribution in [0.4, 0.5) is 4.39 Å². The summed E-state index contributed by atoms with van der Waals surface area (Å²) >= 11 is 0. The topological polar surface area (TPSA) is 18.5 Å². The fourth-order valence-electron chi connectivity index (χ4n) is 8.25. The molecule has 0 aromatic heterocycles. The van der Waals surface area contributed by atoms with E-state index in [2.05, 4.69) is 99.9 Å². The van der Waals surface area contributed by atoms with Crippen molar-refractivity contribution in [2.24, 2.45) is 23.2 Å². The lowest BCUT2D eigenvalue weighted by atomic mass is 9.60. The normalized spacial score (nSPS) is 33.0. The molecule has 0 radical (unpaired) electrons. The molecule has 0 aromatic carbocycles. The molecule has 0 unspecified atom stereocenters. The Balaban J connectivity index is 1.68. The van der Waals surface area contributed by atoms with Crippen molar-refractivity contribution in [3.8, 4) is 0 Å². The van der Waals surface area contributed by atoms with Crippen molar-refractivity contribution < 1.29 is 13.2 Å². The van der Waals surface area contributed by atoms with Gasteiger partial charge in [0.2, 0.25) is 0 Å². The molecule has 0 aromatic rings. The van der Waals surface area contributed by atoms with Gasteiger partial charge in [-0.3, -0.25) is 0 Å². The zero-order valence-corrected chi connectivity index (χ0v) is 31.0. The number of halogens is 1. The summed E-state index contributed by atoms with van der Waals surface area (Å²) in [6.07, 6.45) is 14.9. The molecule has 3 saturated carbocycles. The van der Waals surface area contributed by atoms with Crippen LogP contribution in [0.15, 0.2) is 35.5 Å². The lowest BCUT2D eigenvalue weighted by Gasteiger charge is -2.44. The Morgan fingerprint density at radius 2 is 1.73 bits per heavy atom. The summed E-state index contributed by atoms with van der Waals surface area (Å²) in [6, 6.07) is 0. The molecule has 0 bridgehead atoms. The number of hydrogen-bond acceptors (Lipinski definition) is 2. The zero-order valence-electron chi connectivity index (χ0n) is 29.0. The van der Waals surface area contributed by atoms with Gasteiger partial charge >= 0.3 is 0 Å². The van der Waals surface area contributed by atoms with E-state index >= 15 is 4.39 Å². The van der Waals surface area contributed by atoms with Crippen LogP contribution in [0.2, 0.25) is 37.8 Å². The fraction of sp³-hybridized carbons (Fsp3) is 0.833. The predicted molar refractivity (Wildman–Crippen MR) is 181 cm³/mol. The predicted octanol–water partition coefficient (Wildman–Crippen LogP) is 11.6. The van der Waals surface area contributed by atoms with Crippen molar-refractivity contribution >= 4 is 16.6 Å². The van der Waals surface area contributed by atoms with Crippen molar-refractivity contribution in [1.82, 2.24) is 0 Å². The van der Waals surface area contributed by atoms with E-state index in [4.69, 9.17) is 8.85 Å². The van der Waals surface area contributed by atoms with E-state index in [0.717, 1.165) is 30.3 Å². The molecule has 3 rings (SSSR count). The molecule has 0 N–H and O–H groups in total. The SMILES string of the molecule is C=C1/C(=C\C=C2/CCC[C@]3(C)[C@@H]([C@H](C)CCCC(C)(C)O[Si](C)(C)C)CC[C@@H]23)C[C@@H](O[Si](C)(C)C(C)(C)C)C[C@@H]1F. The maximum Gasteiger partial charge on any atom is 0.192 e. The molecule has 236 valence electrons. The summed E-state index contributed by atoms with van der Waals surface area (Å²) in [5.41, 5.74) is 3.71. The highest BCUT2D eigenvalue weighted by molar-refractivity contribution is 6.74. The minimum Gasteiger partial charge on any atom is -0.413 e. The molecule has 0 amide bonds. The van der Waals surface area contributed by atoms with E-state index in [9.17, 15) is 0 Å². The van der Waals surface area contributed by atoms with Gasteiger partial charge in [-0.05, 0) is 131 Å². The molecule has 41 heavy (non-hydrogen) atoms. The summed E-state index contributed by atoms with van der Waals surface area (Å²) < 4.78 is 28.3. The second kappa shape index (κ2) is 12.9. The van der Waals surface area contributed by atoms with Gasteiger partial charge < -0.3 is 8.85 Å². The van der Waals surface area contributed by atoms with E-state index in [1.54, 1.807) is 5.57 Å². The first-order valence-electron chi connectivity index (χ1n) is 16.8. The molecule has 0 heterocycles. The minimum absolute atomic E-state index is 0.0168. The Hall–Kier alpha value is -0.496. The second-order valence-electron chi connectivity index (χ2n) is 17.3. The number of alkyl halides is 1. The molecule has 3 aliphatic rings. The first kappa shape index (κ1) is 35.0. The van der Waals surface area contributed by atoms with Crippen molar-refractivity contribution in [2.75, 3.05) is 0 Å². The van der Waals surface area contributed by atoms with Gasteiger partial charge in [-0.15, -0.1) is 0 Å². The molecular formula is C36H65FO2Si2. The smallest absolute Gasteiger partial charge is 0.192 e. The van der Waals surface area contributed by atoms with Gasteiger partial charge in [0.05, 0.1) is 11.7 Å². The highest BCUT2D eigenvalue weighted by atomic mass is 28.4. The first-order chi connectivity index (χ1) is 18.7. The largest absolute Gasteiger partial charge is 0.413 e. The Labute approximate surface area is 256 Å². The Morgan fingerprint density at radius 1 is 1.07 bits per heavy atom. The maximum atomic E-state index is 15.2. The van der Waals surface area contributed by atoms with Crippen molar-refractivity contribution in [3.63, 3.8) is 0 Å². The lowest BCUT2D eigenvalue weighted by molar-refractivity contribution is 0.0735. The van der Waals surface area contributed by atoms with Crippen molar-refractivity contribution in [2.45, 2.75) is 168 Å². The van der Waals surface area contributed by atoms with Crippen LogP contribution in [-0.2, 0) is 8.85 Å². The van der Waals surface area contributed by atoms with Crippen LogP contribution in [0.25, 0.3) is 0 Å². The van der Waals surface area contributed by atoms with Gasteiger partial charge in [0.15, 0.2) is 16.6 Å². The molecule has 2 nitrogen and oxygen atoms in total. The summed E-state index contributed by atoms with van der Waals surface area (Å²) in [5, 5.41) is 0.125. The van der Waals surface area contributed by atoms with Crippen LogP contribution in [0.5, 0.6) is 0 Å². The lowest BCUT2D eigenvalue weighted by Crippen LogP contribution is -2.45. The fourth-order valence-corrected chi connectivity index (χ4v) is 11.4. The van der Waals surface area contributed by atoms with E-state index < -0.39 is 22.8 Å². The maximum absolute atomic E-state index is 15.2. The number of rotatable bonds is 10. The zero-order chi connectivity index (χ0) is 31.0. The quantitative estimate of drug-likeness (QED) is 0.231. The van der Waals surface area contributed by atoms with Crippen LogP contribution in [0, 0.1) is 23.2 Å². The summed E-state index contributed by atoms with van der Waals surface area (Å²) in [6.45, 7) is 32.1. The molecular weight excluding hydrogens is 540 g/mol. The minimum atomic E-state index is -1.95. The molecule has 0 saturated heterocycles. The van der Waals surface area contributed by atoms with Crippen LogP contribution >= 0.6 is 0 Å². The number of fused-ring (bicyclic) bond motifs is 1. The monoisotopic (exact) mass is 604 g/mol. The third-order valence-electron chi connectivity index (χ3n) is 11.2. The summed E-state index contributed by atoms with van der Waals surface area (Å²) in [5.74, 6) is 2.18. The molecule has 3 fully saturated rings. The van der Waals surface area contributed by atoms with E-state index in [0.29, 0.717) is 23.3 Å². The van der Waals surface area contributed by atoms with Gasteiger partial charge in [0, 0.05) is 6.42 Å². The first-order valence-corrected chi connectivity index (χ1v) is 23.1. The Bertz CT molecular complexity index is 983. The Kier molecular flexibility index (Phi) is 11.0. The third kappa shape index (κ3) is 8.79. The highest BCUT2D eigenvalue weighted by Crippen LogP contribution is 2.60. The standard InChI is InChI=1S/C36H65FO2Si2/c1-26(16-14-22-35(6,7)39-40(9,10)11)31-20-21-32-28(17-15-23-36(31,32)8)18-19-29-24-30(25-33(37)27(29)2)38-41(12,13)34(3,4)5/h18-19,26,30-33H,2,14-17,20-25H2,1,3-13H3/b28-18+,29-19-/t26-,30-,31-,32+,33+,36-/m1/s1. The average Bonchev–Trinajstić information content (AvgIpc) is 3.15. The molecule has 0 spiro atoms. The average molecular weight is 605 g/mol.